The summed E-state index contributed by atoms with van der Waals surface area (Å²) in [6, 6.07) is 0. The maximum atomic E-state index is 12.0. The minimum absolute atomic E-state index is 0.124. The number of cyclic esters (lactones) is 1. The monoisotopic (exact) mass is 148 g/mol. The maximum absolute atomic E-state index is 12.0. The summed E-state index contributed by atoms with van der Waals surface area (Å²) < 4.78 is 16.5. The van der Waals surface area contributed by atoms with Crippen molar-refractivity contribution in [3.63, 3.8) is 0 Å². The predicted octanol–water partition coefficient (Wildman–Crippen LogP) is 0.0240. The van der Waals surface area contributed by atoms with E-state index in [0.29, 0.717) is 0 Å². The van der Waals surface area contributed by atoms with E-state index in [1.165, 1.54) is 0 Å². The van der Waals surface area contributed by atoms with Gasteiger partial charge in [-0.15, -0.1) is 0 Å². The van der Waals surface area contributed by atoms with E-state index in [1.54, 1.807) is 0 Å². The smallest absolute Gasteiger partial charge is 0.308 e. The average molecular weight is 148 g/mol. The first-order chi connectivity index (χ1) is 4.66. The van der Waals surface area contributed by atoms with Crippen LogP contribution in [0.3, 0.4) is 0 Å². The van der Waals surface area contributed by atoms with Crippen molar-refractivity contribution in [3.8, 4) is 0 Å². The first-order valence-corrected chi connectivity index (χ1v) is 3.10. The van der Waals surface area contributed by atoms with Crippen LogP contribution in [0.5, 0.6) is 0 Å². The van der Waals surface area contributed by atoms with Crippen LogP contribution in [0.1, 0.15) is 12.8 Å². The fourth-order valence-corrected chi connectivity index (χ4v) is 0.877. The molecule has 10 heavy (non-hydrogen) atoms. The molecular formula is C6H9FO3. The molecule has 58 valence electrons. The highest BCUT2D eigenvalue weighted by molar-refractivity contribution is 5.71. The minimum Gasteiger partial charge on any atom is -0.465 e. The zero-order chi connectivity index (χ0) is 7.61. The fraction of sp³-hybridized carbons (Fsp3) is 0.833. The Hall–Kier alpha value is -0.640. The van der Waals surface area contributed by atoms with Gasteiger partial charge in [-0.3, -0.25) is 4.79 Å². The Bertz CT molecular complexity index is 148. The molecule has 1 saturated heterocycles. The second-order valence-corrected chi connectivity index (χ2v) is 2.51. The number of carbonyl (C=O) groups is 1. The van der Waals surface area contributed by atoms with Crippen LogP contribution in [0.15, 0.2) is 0 Å². The van der Waals surface area contributed by atoms with Crippen LogP contribution < -0.4 is 0 Å². The zero-order valence-corrected chi connectivity index (χ0v) is 5.47. The molecule has 0 aromatic rings. The summed E-state index contributed by atoms with van der Waals surface area (Å²) in [5, 5.41) is 9.17. The third-order valence-electron chi connectivity index (χ3n) is 1.55. The maximum Gasteiger partial charge on any atom is 0.308 e. The molecular weight excluding hydrogens is 139 g/mol. The van der Waals surface area contributed by atoms with Crippen molar-refractivity contribution in [3.05, 3.63) is 0 Å². The van der Waals surface area contributed by atoms with Gasteiger partial charge in [0.05, 0.1) is 13.0 Å². The van der Waals surface area contributed by atoms with E-state index >= 15 is 0 Å². The number of hydrogen-bond donors (Lipinski definition) is 1. The first kappa shape index (κ1) is 7.47. The van der Waals surface area contributed by atoms with Gasteiger partial charge in [-0.2, -0.15) is 0 Å². The van der Waals surface area contributed by atoms with Gasteiger partial charge in [0.1, 0.15) is 12.3 Å². The van der Waals surface area contributed by atoms with Gasteiger partial charge < -0.3 is 9.84 Å². The minimum atomic E-state index is -1.45. The van der Waals surface area contributed by atoms with Gasteiger partial charge in [-0.1, -0.05) is 0 Å². The van der Waals surface area contributed by atoms with E-state index in [9.17, 15) is 14.3 Å². The van der Waals surface area contributed by atoms with Crippen molar-refractivity contribution in [2.24, 2.45) is 0 Å². The van der Waals surface area contributed by atoms with Gasteiger partial charge in [0.2, 0.25) is 0 Å². The largest absolute Gasteiger partial charge is 0.465 e. The third-order valence-corrected chi connectivity index (χ3v) is 1.55. The Balaban J connectivity index is 2.53. The molecule has 1 atom stereocenters. The van der Waals surface area contributed by atoms with Gasteiger partial charge in [0.25, 0.3) is 0 Å². The van der Waals surface area contributed by atoms with Gasteiger partial charge in [-0.05, 0) is 0 Å². The highest BCUT2D eigenvalue weighted by Gasteiger charge is 2.34. The summed E-state index contributed by atoms with van der Waals surface area (Å²) in [5.41, 5.74) is -1.45. The number of carbonyl (C=O) groups excluding carboxylic acids is 1. The standard InChI is InChI=1S/C6H9FO3/c7-4-6(9)1-2-10-5(8)3-6/h9H,1-4H2/t6-/m1/s1. The first-order valence-electron chi connectivity index (χ1n) is 3.10. The van der Waals surface area contributed by atoms with Crippen molar-refractivity contribution in [2.45, 2.75) is 18.4 Å². The quantitative estimate of drug-likeness (QED) is 0.533. The predicted molar refractivity (Wildman–Crippen MR) is 31.1 cm³/mol. The van der Waals surface area contributed by atoms with Crippen LogP contribution in [-0.4, -0.2) is 30.0 Å². The Morgan fingerprint density at radius 3 is 2.90 bits per heavy atom. The summed E-state index contributed by atoms with van der Waals surface area (Å²) in [6.45, 7) is -0.749. The van der Waals surface area contributed by atoms with Crippen molar-refractivity contribution >= 4 is 5.97 Å². The molecule has 0 aliphatic carbocycles. The normalized spacial score (nSPS) is 33.6. The van der Waals surface area contributed by atoms with E-state index in [0.717, 1.165) is 0 Å². The van der Waals surface area contributed by atoms with Crippen LogP contribution in [0.2, 0.25) is 0 Å². The molecule has 1 heterocycles. The lowest BCUT2D eigenvalue weighted by Gasteiger charge is -2.27. The summed E-state index contributed by atoms with van der Waals surface area (Å²) in [4.78, 5) is 10.5. The molecule has 3 nitrogen and oxygen atoms in total. The summed E-state index contributed by atoms with van der Waals surface area (Å²) in [7, 11) is 0. The lowest BCUT2D eigenvalue weighted by Crippen LogP contribution is -2.40. The Morgan fingerprint density at radius 1 is 1.80 bits per heavy atom. The van der Waals surface area contributed by atoms with Crippen molar-refractivity contribution in [1.29, 1.82) is 0 Å². The topological polar surface area (TPSA) is 46.5 Å². The van der Waals surface area contributed by atoms with Gasteiger partial charge in [0.15, 0.2) is 0 Å². The number of ether oxygens (including phenoxy) is 1. The van der Waals surface area contributed by atoms with Crippen molar-refractivity contribution in [1.82, 2.24) is 0 Å². The van der Waals surface area contributed by atoms with Crippen LogP contribution >= 0.6 is 0 Å². The molecule has 4 heteroatoms. The molecule has 0 spiro atoms. The Morgan fingerprint density at radius 2 is 2.50 bits per heavy atom. The molecule has 1 rings (SSSR count). The molecule has 0 aromatic carbocycles. The van der Waals surface area contributed by atoms with E-state index in [-0.39, 0.29) is 19.4 Å². The second kappa shape index (κ2) is 2.54. The number of hydrogen-bond acceptors (Lipinski definition) is 3. The molecule has 0 unspecified atom stereocenters. The zero-order valence-electron chi connectivity index (χ0n) is 5.47. The molecule has 0 aromatic heterocycles. The van der Waals surface area contributed by atoms with Gasteiger partial charge in [0, 0.05) is 6.42 Å². The van der Waals surface area contributed by atoms with Crippen molar-refractivity contribution in [2.75, 3.05) is 13.3 Å². The average Bonchev–Trinajstić information content (AvgIpc) is 1.88. The summed E-state index contributed by atoms with van der Waals surface area (Å²) >= 11 is 0. The fourth-order valence-electron chi connectivity index (χ4n) is 0.877. The number of aliphatic hydroxyl groups is 1. The SMILES string of the molecule is O=C1C[C@@](O)(CF)CCO1. The summed E-state index contributed by atoms with van der Waals surface area (Å²) in [5.74, 6) is -0.522. The molecule has 0 radical (unpaired) electrons. The third kappa shape index (κ3) is 1.44. The van der Waals surface area contributed by atoms with Gasteiger partial charge in [-0.25, -0.2) is 4.39 Å². The highest BCUT2D eigenvalue weighted by Crippen LogP contribution is 2.21. The number of halogens is 1. The van der Waals surface area contributed by atoms with Crippen molar-refractivity contribution < 1.29 is 19.0 Å². The second-order valence-electron chi connectivity index (χ2n) is 2.51. The number of alkyl halides is 1. The lowest BCUT2D eigenvalue weighted by molar-refractivity contribution is -0.160. The highest BCUT2D eigenvalue weighted by atomic mass is 19.1. The van der Waals surface area contributed by atoms with E-state index in [4.69, 9.17) is 0 Å². The molecule has 1 aliphatic rings. The molecule has 1 fully saturated rings. The Kier molecular flexibility index (Phi) is 1.89. The Labute approximate surface area is 57.8 Å². The van der Waals surface area contributed by atoms with Crippen LogP contribution in [0.4, 0.5) is 4.39 Å². The van der Waals surface area contributed by atoms with Crippen LogP contribution in [0, 0.1) is 0 Å². The van der Waals surface area contributed by atoms with Gasteiger partial charge >= 0.3 is 5.97 Å². The lowest BCUT2D eigenvalue weighted by atomic mass is 9.96. The van der Waals surface area contributed by atoms with E-state index in [1.807, 2.05) is 0 Å². The number of rotatable bonds is 1. The molecule has 1 aliphatic heterocycles. The van der Waals surface area contributed by atoms with Crippen LogP contribution in [0.25, 0.3) is 0 Å². The summed E-state index contributed by atoms with van der Waals surface area (Å²) in [6.07, 6.45) is -0.0151. The van der Waals surface area contributed by atoms with Crippen LogP contribution in [-0.2, 0) is 9.53 Å². The number of esters is 1. The van der Waals surface area contributed by atoms with E-state index in [2.05, 4.69) is 4.74 Å². The molecule has 0 amide bonds. The molecule has 0 bridgehead atoms. The molecule has 1 N–H and O–H groups in total. The van der Waals surface area contributed by atoms with E-state index < -0.39 is 18.2 Å². The molecule has 0 saturated carbocycles.